The van der Waals surface area contributed by atoms with E-state index in [1.54, 1.807) is 10.9 Å². The van der Waals surface area contributed by atoms with E-state index >= 15 is 0 Å². The summed E-state index contributed by atoms with van der Waals surface area (Å²) < 4.78 is 39.6. The van der Waals surface area contributed by atoms with Gasteiger partial charge in [-0.2, -0.15) is 0 Å². The van der Waals surface area contributed by atoms with Gasteiger partial charge in [0.2, 0.25) is 5.89 Å². The van der Waals surface area contributed by atoms with E-state index in [-0.39, 0.29) is 12.2 Å². The topological polar surface area (TPSA) is 66.0 Å². The summed E-state index contributed by atoms with van der Waals surface area (Å²) >= 11 is 0. The molecule has 0 bridgehead atoms. The molecule has 4 rings (SSSR count). The zero-order valence-electron chi connectivity index (χ0n) is 16.6. The van der Waals surface area contributed by atoms with Crippen LogP contribution in [0.25, 0.3) is 12.2 Å². The first-order valence-corrected chi connectivity index (χ1v) is 9.79. The molecule has 8 heteroatoms. The number of hydrogen-bond acceptors (Lipinski definition) is 5. The average molecular weight is 422 g/mol. The third-order valence-corrected chi connectivity index (χ3v) is 4.55. The monoisotopic (exact) mass is 422 g/mol. The van der Waals surface area contributed by atoms with Crippen molar-refractivity contribution in [1.29, 1.82) is 0 Å². The van der Waals surface area contributed by atoms with E-state index in [0.29, 0.717) is 11.6 Å². The van der Waals surface area contributed by atoms with Crippen LogP contribution in [0.5, 0.6) is 5.75 Å². The molecule has 0 amide bonds. The van der Waals surface area contributed by atoms with Crippen molar-refractivity contribution in [1.82, 2.24) is 20.0 Å². The molecule has 0 aliphatic rings. The molecule has 0 N–H and O–H groups in total. The number of halogens is 2. The van der Waals surface area contributed by atoms with E-state index < -0.39 is 11.6 Å². The Hall–Kier alpha value is -3.81. The summed E-state index contributed by atoms with van der Waals surface area (Å²) in [6.07, 6.45) is 9.85. The first kappa shape index (κ1) is 20.5. The third-order valence-electron chi connectivity index (χ3n) is 4.55. The highest BCUT2D eigenvalue weighted by molar-refractivity contribution is 5.66. The van der Waals surface area contributed by atoms with E-state index in [1.807, 2.05) is 24.4 Å². The predicted octanol–water partition coefficient (Wildman–Crippen LogP) is 4.93. The second kappa shape index (κ2) is 9.80. The minimum Gasteiger partial charge on any atom is -0.487 e. The molecular formula is C23H20F2N4O2. The lowest BCUT2D eigenvalue weighted by atomic mass is 10.1. The molecule has 0 aliphatic carbocycles. The molecule has 0 unspecified atom stereocenters. The maximum Gasteiger partial charge on any atom is 0.218 e. The third kappa shape index (κ3) is 5.85. The first-order chi connectivity index (χ1) is 15.2. The summed E-state index contributed by atoms with van der Waals surface area (Å²) in [7, 11) is 0. The van der Waals surface area contributed by atoms with Crippen molar-refractivity contribution in [2.24, 2.45) is 0 Å². The van der Waals surface area contributed by atoms with Crippen LogP contribution in [0.15, 0.2) is 65.5 Å². The van der Waals surface area contributed by atoms with E-state index in [2.05, 4.69) is 21.4 Å². The molecule has 2 aromatic heterocycles. The summed E-state index contributed by atoms with van der Waals surface area (Å²) in [6, 6.07) is 11.3. The fraction of sp³-hybridized carbons (Fsp3) is 0.174. The van der Waals surface area contributed by atoms with Gasteiger partial charge in [0.05, 0.1) is 6.20 Å². The smallest absolute Gasteiger partial charge is 0.218 e. The summed E-state index contributed by atoms with van der Waals surface area (Å²) in [5.41, 5.74) is 2.02. The van der Waals surface area contributed by atoms with E-state index in [0.717, 1.165) is 31.2 Å². The van der Waals surface area contributed by atoms with Gasteiger partial charge in [-0.1, -0.05) is 17.3 Å². The Balaban J connectivity index is 1.29. The Morgan fingerprint density at radius 2 is 2.03 bits per heavy atom. The second-order valence-corrected chi connectivity index (χ2v) is 6.88. The highest BCUT2D eigenvalue weighted by atomic mass is 19.1. The molecule has 0 spiro atoms. The normalized spacial score (nSPS) is 11.3. The molecule has 2 aromatic carbocycles. The fourth-order valence-corrected chi connectivity index (χ4v) is 3.01. The molecule has 0 saturated carbocycles. The van der Waals surface area contributed by atoms with Gasteiger partial charge in [-0.25, -0.2) is 13.8 Å². The van der Waals surface area contributed by atoms with Crippen LogP contribution in [-0.4, -0.2) is 20.0 Å². The van der Waals surface area contributed by atoms with Crippen LogP contribution in [0.2, 0.25) is 0 Å². The minimum atomic E-state index is -0.646. The van der Waals surface area contributed by atoms with Gasteiger partial charge in [0, 0.05) is 30.4 Å². The van der Waals surface area contributed by atoms with Gasteiger partial charge in [-0.3, -0.25) is 4.68 Å². The van der Waals surface area contributed by atoms with Gasteiger partial charge in [-0.15, -0.1) is 5.10 Å². The van der Waals surface area contributed by atoms with E-state index in [4.69, 9.17) is 9.15 Å². The Bertz CT molecular complexity index is 1160. The zero-order chi connectivity index (χ0) is 21.5. The standard InChI is InChI=1S/C23H20F2N4O2/c24-19-8-6-18(22(25)14-19)7-9-23-27-20(16-31-23)15-30-21-5-1-3-17(13-21)4-2-11-29-12-10-26-28-29/h1,3,5-10,12-14,16H,2,4,11,15H2. The van der Waals surface area contributed by atoms with Gasteiger partial charge < -0.3 is 9.15 Å². The lowest BCUT2D eigenvalue weighted by Crippen LogP contribution is -2.01. The summed E-state index contributed by atoms with van der Waals surface area (Å²) in [5, 5.41) is 7.75. The van der Waals surface area contributed by atoms with Crippen molar-refractivity contribution >= 4 is 12.2 Å². The Morgan fingerprint density at radius 3 is 2.87 bits per heavy atom. The first-order valence-electron chi connectivity index (χ1n) is 9.79. The Kier molecular flexibility index (Phi) is 6.47. The summed E-state index contributed by atoms with van der Waals surface area (Å²) in [5.74, 6) is -0.215. The number of ether oxygens (including phenoxy) is 1. The molecule has 6 nitrogen and oxygen atoms in total. The Morgan fingerprint density at radius 1 is 1.10 bits per heavy atom. The number of nitrogens with zero attached hydrogens (tertiary/aromatic N) is 4. The maximum atomic E-state index is 13.7. The number of aryl methyl sites for hydroxylation is 2. The molecule has 31 heavy (non-hydrogen) atoms. The van der Waals surface area contributed by atoms with Crippen LogP contribution in [-0.2, 0) is 19.6 Å². The van der Waals surface area contributed by atoms with Crippen LogP contribution in [0.1, 0.15) is 29.1 Å². The molecule has 0 atom stereocenters. The van der Waals surface area contributed by atoms with Crippen molar-refractivity contribution < 1.29 is 17.9 Å². The molecule has 0 saturated heterocycles. The SMILES string of the molecule is Fc1ccc(C=Cc2nc(COc3cccc(CCCn4ccnn4)c3)co2)c(F)c1. The Labute approximate surface area is 177 Å². The largest absolute Gasteiger partial charge is 0.487 e. The molecule has 2 heterocycles. The van der Waals surface area contributed by atoms with Crippen LogP contribution >= 0.6 is 0 Å². The number of hydrogen-bond donors (Lipinski definition) is 0. The second-order valence-electron chi connectivity index (χ2n) is 6.88. The van der Waals surface area contributed by atoms with Crippen molar-refractivity contribution in [3.8, 4) is 5.75 Å². The lowest BCUT2D eigenvalue weighted by molar-refractivity contribution is 0.300. The van der Waals surface area contributed by atoms with Gasteiger partial charge in [0.1, 0.15) is 35.9 Å². The van der Waals surface area contributed by atoms with Gasteiger partial charge >= 0.3 is 0 Å². The van der Waals surface area contributed by atoms with Crippen molar-refractivity contribution in [2.45, 2.75) is 26.0 Å². The average Bonchev–Trinajstić information content (AvgIpc) is 3.44. The highest BCUT2D eigenvalue weighted by Crippen LogP contribution is 2.18. The number of aromatic nitrogens is 4. The van der Waals surface area contributed by atoms with Gasteiger partial charge in [-0.05, 0) is 48.7 Å². The lowest BCUT2D eigenvalue weighted by Gasteiger charge is -2.07. The number of rotatable bonds is 9. The molecule has 0 radical (unpaired) electrons. The quantitative estimate of drug-likeness (QED) is 0.383. The molecule has 0 fully saturated rings. The molecule has 158 valence electrons. The summed E-state index contributed by atoms with van der Waals surface area (Å²) in [4.78, 5) is 4.30. The van der Waals surface area contributed by atoms with Crippen molar-refractivity contribution in [3.63, 3.8) is 0 Å². The van der Waals surface area contributed by atoms with Gasteiger partial charge in [0.15, 0.2) is 0 Å². The van der Waals surface area contributed by atoms with Crippen molar-refractivity contribution in [2.75, 3.05) is 0 Å². The summed E-state index contributed by atoms with van der Waals surface area (Å²) in [6.45, 7) is 1.05. The number of oxazole rings is 1. The molecule has 4 aromatic rings. The van der Waals surface area contributed by atoms with E-state index in [9.17, 15) is 8.78 Å². The van der Waals surface area contributed by atoms with Crippen LogP contribution in [0, 0.1) is 11.6 Å². The highest BCUT2D eigenvalue weighted by Gasteiger charge is 2.05. The fourth-order valence-electron chi connectivity index (χ4n) is 3.01. The van der Waals surface area contributed by atoms with Crippen LogP contribution in [0.4, 0.5) is 8.78 Å². The number of benzene rings is 2. The molecule has 0 aliphatic heterocycles. The predicted molar refractivity (Wildman–Crippen MR) is 111 cm³/mol. The van der Waals surface area contributed by atoms with Gasteiger partial charge in [0.25, 0.3) is 0 Å². The zero-order valence-corrected chi connectivity index (χ0v) is 16.6. The maximum absolute atomic E-state index is 13.7. The minimum absolute atomic E-state index is 0.241. The van der Waals surface area contributed by atoms with Crippen molar-refractivity contribution in [3.05, 3.63) is 95.5 Å². The van der Waals surface area contributed by atoms with Crippen LogP contribution < -0.4 is 4.74 Å². The van der Waals surface area contributed by atoms with E-state index in [1.165, 1.54) is 36.1 Å². The van der Waals surface area contributed by atoms with Crippen LogP contribution in [0.3, 0.4) is 0 Å². The molecular weight excluding hydrogens is 402 g/mol.